The topological polar surface area (TPSA) is 179 Å². The summed E-state index contributed by atoms with van der Waals surface area (Å²) in [5.74, 6) is -6.84. The van der Waals surface area contributed by atoms with Gasteiger partial charge in [-0.1, -0.05) is 24.7 Å². The largest absolute Gasteiger partial charge is 0.468 e. The Morgan fingerprint density at radius 3 is 2.58 bits per heavy atom. The van der Waals surface area contributed by atoms with Crippen LogP contribution >= 0.6 is 11.3 Å². The number of thiazole rings is 1. The maximum Gasteiger partial charge on any atom is 0.355 e. The Balaban J connectivity index is 2.31. The summed E-state index contributed by atoms with van der Waals surface area (Å²) in [6.07, 6.45) is 1.52. The van der Waals surface area contributed by atoms with Gasteiger partial charge in [-0.05, 0) is 12.5 Å². The number of hydrazone groups is 1. The molecule has 1 aromatic heterocycles. The standard InChI is InChI=1S/C19H21N5O8S/c1-4-5-8-20-23-14(18(28)32-3)13(17(27)31-2)15(25)16(26)22-19-21-11-7-6-10(24(29)30)9-12(11)33-19/h6-7,9,13,20H,4-5,8H2,1-3H3,(H,21,22,26)/b23-14-/t13-/m0/s1. The number of nitrogens with one attached hydrogen (secondary N) is 2. The molecule has 0 fully saturated rings. The number of Topliss-reactive ketones (excluding diaryl/α,β-unsaturated/α-hetero) is 1. The fourth-order valence-corrected chi connectivity index (χ4v) is 3.45. The summed E-state index contributed by atoms with van der Waals surface area (Å²) < 4.78 is 9.58. The third kappa shape index (κ3) is 6.29. The monoisotopic (exact) mass is 479 g/mol. The average Bonchev–Trinajstić information content (AvgIpc) is 3.21. The Hall–Kier alpha value is -3.94. The van der Waals surface area contributed by atoms with Crippen molar-refractivity contribution >= 4 is 61.7 Å². The minimum absolute atomic E-state index is 0.0370. The van der Waals surface area contributed by atoms with Crippen LogP contribution in [0.15, 0.2) is 23.3 Å². The zero-order valence-corrected chi connectivity index (χ0v) is 18.8. The second-order valence-electron chi connectivity index (χ2n) is 6.45. The van der Waals surface area contributed by atoms with Crippen molar-refractivity contribution in [2.24, 2.45) is 11.0 Å². The fraction of sp³-hybridized carbons (Fsp3) is 0.368. The van der Waals surface area contributed by atoms with Crippen LogP contribution in [0.25, 0.3) is 10.2 Å². The van der Waals surface area contributed by atoms with Crippen LogP contribution in [-0.4, -0.2) is 60.0 Å². The molecule has 0 radical (unpaired) electrons. The van der Waals surface area contributed by atoms with Crippen LogP contribution in [0, 0.1) is 16.0 Å². The number of methoxy groups -OCH3 is 2. The van der Waals surface area contributed by atoms with Crippen molar-refractivity contribution in [1.82, 2.24) is 10.4 Å². The lowest BCUT2D eigenvalue weighted by Crippen LogP contribution is -2.43. The Morgan fingerprint density at radius 2 is 1.97 bits per heavy atom. The number of ketones is 1. The molecule has 0 aliphatic heterocycles. The van der Waals surface area contributed by atoms with Crippen molar-refractivity contribution in [3.63, 3.8) is 0 Å². The van der Waals surface area contributed by atoms with Crippen LogP contribution in [0.5, 0.6) is 0 Å². The number of rotatable bonds is 11. The molecule has 0 unspecified atom stereocenters. The molecule has 0 saturated heterocycles. The highest BCUT2D eigenvalue weighted by Gasteiger charge is 2.41. The SMILES string of the molecule is CCCCN/N=C(\C(=O)OC)[C@H](C(=O)OC)C(=O)C(=O)Nc1nc2ccc([N+](=O)[O-])cc2s1. The van der Waals surface area contributed by atoms with Gasteiger partial charge in [0, 0.05) is 18.7 Å². The number of ether oxygens (including phenoxy) is 2. The van der Waals surface area contributed by atoms with Crippen LogP contribution in [0.1, 0.15) is 19.8 Å². The smallest absolute Gasteiger partial charge is 0.355 e. The minimum Gasteiger partial charge on any atom is -0.468 e. The normalized spacial score (nSPS) is 12.0. The number of esters is 2. The van der Waals surface area contributed by atoms with Gasteiger partial charge < -0.3 is 14.9 Å². The molecular formula is C19H21N5O8S. The first kappa shape index (κ1) is 25.3. The van der Waals surface area contributed by atoms with Gasteiger partial charge in [0.2, 0.25) is 5.78 Å². The van der Waals surface area contributed by atoms with E-state index in [0.717, 1.165) is 32.0 Å². The van der Waals surface area contributed by atoms with E-state index >= 15 is 0 Å². The van der Waals surface area contributed by atoms with E-state index < -0.39 is 40.2 Å². The average molecular weight is 479 g/mol. The number of hydrogen-bond donors (Lipinski definition) is 2. The molecule has 2 aromatic rings. The molecule has 14 heteroatoms. The number of unbranched alkanes of at least 4 members (excludes halogenated alkanes) is 1. The van der Waals surface area contributed by atoms with Crippen molar-refractivity contribution in [3.8, 4) is 0 Å². The zero-order valence-electron chi connectivity index (χ0n) is 17.9. The molecule has 1 aromatic carbocycles. The third-order valence-corrected chi connectivity index (χ3v) is 5.17. The van der Waals surface area contributed by atoms with E-state index in [2.05, 4.69) is 30.3 Å². The van der Waals surface area contributed by atoms with Gasteiger partial charge in [0.25, 0.3) is 11.6 Å². The maximum atomic E-state index is 12.8. The first-order valence-corrected chi connectivity index (χ1v) is 10.4. The molecule has 33 heavy (non-hydrogen) atoms. The Bertz CT molecular complexity index is 1110. The summed E-state index contributed by atoms with van der Waals surface area (Å²) in [4.78, 5) is 64.3. The van der Waals surface area contributed by atoms with Crippen LogP contribution in [0.3, 0.4) is 0 Å². The molecule has 0 saturated carbocycles. The number of amides is 1. The molecule has 1 amide bonds. The van der Waals surface area contributed by atoms with Gasteiger partial charge in [0.1, 0.15) is 0 Å². The van der Waals surface area contributed by atoms with E-state index in [0.29, 0.717) is 23.2 Å². The lowest BCUT2D eigenvalue weighted by molar-refractivity contribution is -0.384. The lowest BCUT2D eigenvalue weighted by Gasteiger charge is -2.14. The Labute approximate surface area is 191 Å². The number of fused-ring (bicyclic) bond motifs is 1. The minimum atomic E-state index is -1.98. The quantitative estimate of drug-likeness (QED) is 0.0910. The highest BCUT2D eigenvalue weighted by atomic mass is 32.1. The van der Waals surface area contributed by atoms with Crippen LogP contribution in [-0.2, 0) is 28.7 Å². The molecule has 2 rings (SSSR count). The molecule has 0 bridgehead atoms. The number of anilines is 1. The number of hydrogen-bond acceptors (Lipinski definition) is 12. The second-order valence-corrected chi connectivity index (χ2v) is 7.48. The van der Waals surface area contributed by atoms with Crippen LogP contribution in [0.4, 0.5) is 10.8 Å². The molecular weight excluding hydrogens is 458 g/mol. The second kappa shape index (κ2) is 11.6. The number of nitro benzene ring substituents is 1. The van der Waals surface area contributed by atoms with Gasteiger partial charge in [-0.15, -0.1) is 0 Å². The highest BCUT2D eigenvalue weighted by Crippen LogP contribution is 2.29. The summed E-state index contributed by atoms with van der Waals surface area (Å²) >= 11 is 0.889. The Morgan fingerprint density at radius 1 is 1.24 bits per heavy atom. The van der Waals surface area contributed by atoms with E-state index in [1.807, 2.05) is 6.92 Å². The summed E-state index contributed by atoms with van der Waals surface area (Å²) in [5.41, 5.74) is 2.12. The van der Waals surface area contributed by atoms with Crippen LogP contribution in [0.2, 0.25) is 0 Å². The predicted octanol–water partition coefficient (Wildman–Crippen LogP) is 1.42. The number of non-ortho nitro benzene ring substituents is 1. The summed E-state index contributed by atoms with van der Waals surface area (Å²) in [7, 11) is 2.02. The summed E-state index contributed by atoms with van der Waals surface area (Å²) in [6.45, 7) is 2.28. The van der Waals surface area contributed by atoms with Crippen molar-refractivity contribution in [3.05, 3.63) is 28.3 Å². The summed E-state index contributed by atoms with van der Waals surface area (Å²) in [5, 5.41) is 16.9. The molecule has 0 aliphatic rings. The van der Waals surface area contributed by atoms with E-state index in [-0.39, 0.29) is 10.8 Å². The van der Waals surface area contributed by atoms with Gasteiger partial charge in [-0.25, -0.2) is 9.78 Å². The van der Waals surface area contributed by atoms with E-state index in [4.69, 9.17) is 0 Å². The van der Waals surface area contributed by atoms with Gasteiger partial charge in [0.05, 0.1) is 29.4 Å². The van der Waals surface area contributed by atoms with Gasteiger partial charge >= 0.3 is 11.9 Å². The Kier molecular flexibility index (Phi) is 8.91. The van der Waals surface area contributed by atoms with E-state index in [1.165, 1.54) is 18.2 Å². The van der Waals surface area contributed by atoms with E-state index in [1.54, 1.807) is 0 Å². The summed E-state index contributed by atoms with van der Waals surface area (Å²) in [6, 6.07) is 3.91. The van der Waals surface area contributed by atoms with Crippen molar-refractivity contribution in [2.45, 2.75) is 19.8 Å². The lowest BCUT2D eigenvalue weighted by atomic mass is 9.97. The molecule has 2 N–H and O–H groups in total. The van der Waals surface area contributed by atoms with Gasteiger partial charge in [0.15, 0.2) is 16.8 Å². The van der Waals surface area contributed by atoms with Crippen molar-refractivity contribution in [2.75, 3.05) is 26.1 Å². The van der Waals surface area contributed by atoms with Crippen molar-refractivity contribution in [1.29, 1.82) is 0 Å². The molecule has 1 heterocycles. The number of nitrogens with zero attached hydrogens (tertiary/aromatic N) is 3. The maximum absolute atomic E-state index is 12.8. The first-order chi connectivity index (χ1) is 15.7. The highest BCUT2D eigenvalue weighted by molar-refractivity contribution is 7.22. The van der Waals surface area contributed by atoms with Crippen LogP contribution < -0.4 is 10.7 Å². The van der Waals surface area contributed by atoms with Crippen molar-refractivity contribution < 1.29 is 33.6 Å². The first-order valence-electron chi connectivity index (χ1n) is 9.60. The third-order valence-electron chi connectivity index (χ3n) is 4.24. The number of aromatic nitrogens is 1. The molecule has 0 aliphatic carbocycles. The van der Waals surface area contributed by atoms with Gasteiger partial charge in [-0.3, -0.25) is 29.8 Å². The molecule has 0 spiro atoms. The predicted molar refractivity (Wildman–Crippen MR) is 118 cm³/mol. The number of benzene rings is 1. The molecule has 176 valence electrons. The molecule has 1 atom stereocenters. The van der Waals surface area contributed by atoms with E-state index in [9.17, 15) is 29.3 Å². The fourth-order valence-electron chi connectivity index (χ4n) is 2.56. The molecule has 13 nitrogen and oxygen atoms in total. The number of carbonyl (C=O) groups is 4. The number of carbonyl (C=O) groups excluding carboxylic acids is 4. The zero-order chi connectivity index (χ0) is 24.5. The number of nitro groups is 1. The van der Waals surface area contributed by atoms with Gasteiger partial charge in [-0.2, -0.15) is 5.10 Å².